The largest absolute Gasteiger partial charge is 0.357 e. The minimum atomic E-state index is 0.0964. The Labute approximate surface area is 137 Å². The molecule has 2 fully saturated rings. The molecular weight excluding hydrogens is 284 g/mol. The SMILES string of the molecule is C(#CC1CCC1)c1cccc(-c2cnn(C3CCCCO3)c2)c1. The molecule has 3 nitrogen and oxygen atoms in total. The Morgan fingerprint density at radius 2 is 2.04 bits per heavy atom. The predicted molar refractivity (Wildman–Crippen MR) is 90.7 cm³/mol. The summed E-state index contributed by atoms with van der Waals surface area (Å²) in [7, 11) is 0. The van der Waals surface area contributed by atoms with Gasteiger partial charge in [-0.25, -0.2) is 4.68 Å². The number of hydrogen-bond donors (Lipinski definition) is 0. The van der Waals surface area contributed by atoms with Gasteiger partial charge in [-0.1, -0.05) is 30.4 Å². The van der Waals surface area contributed by atoms with Crippen LogP contribution < -0.4 is 0 Å². The third-order valence-electron chi connectivity index (χ3n) is 4.77. The van der Waals surface area contributed by atoms with Crippen molar-refractivity contribution in [2.45, 2.75) is 44.8 Å². The third kappa shape index (κ3) is 3.33. The molecule has 2 aromatic rings. The fourth-order valence-electron chi connectivity index (χ4n) is 3.09. The summed E-state index contributed by atoms with van der Waals surface area (Å²) in [5.74, 6) is 7.32. The van der Waals surface area contributed by atoms with Gasteiger partial charge in [0.2, 0.25) is 0 Å². The molecule has 0 bridgehead atoms. The van der Waals surface area contributed by atoms with Crippen LogP contribution in [0.15, 0.2) is 36.7 Å². The highest BCUT2D eigenvalue weighted by Crippen LogP contribution is 2.27. The van der Waals surface area contributed by atoms with Crippen LogP contribution in [-0.2, 0) is 4.74 Å². The average molecular weight is 306 g/mol. The lowest BCUT2D eigenvalue weighted by molar-refractivity contribution is -0.0394. The van der Waals surface area contributed by atoms with Crippen molar-refractivity contribution in [3.63, 3.8) is 0 Å². The van der Waals surface area contributed by atoms with E-state index in [0.29, 0.717) is 5.92 Å². The standard InChI is InChI=1S/C20H22N2O/c1-2-12-23-20(9-1)22-15-19(14-21-22)18-8-4-7-17(13-18)11-10-16-5-3-6-16/h4,7-8,13-16,20H,1-3,5-6,9,12H2. The molecule has 23 heavy (non-hydrogen) atoms. The van der Waals surface area contributed by atoms with Crippen molar-refractivity contribution in [2.24, 2.45) is 5.92 Å². The van der Waals surface area contributed by atoms with E-state index >= 15 is 0 Å². The average Bonchev–Trinajstić information content (AvgIpc) is 3.05. The normalized spacial score (nSPS) is 21.3. The summed E-state index contributed by atoms with van der Waals surface area (Å²) in [6, 6.07) is 8.45. The first-order valence-electron chi connectivity index (χ1n) is 8.66. The lowest BCUT2D eigenvalue weighted by Gasteiger charge is -2.22. The fraction of sp³-hybridized carbons (Fsp3) is 0.450. The molecular formula is C20H22N2O. The summed E-state index contributed by atoms with van der Waals surface area (Å²) in [4.78, 5) is 0. The van der Waals surface area contributed by atoms with Gasteiger partial charge in [-0.15, -0.1) is 0 Å². The molecule has 1 aliphatic heterocycles. The lowest BCUT2D eigenvalue weighted by Crippen LogP contribution is -2.18. The van der Waals surface area contributed by atoms with Gasteiger partial charge in [-0.05, 0) is 49.8 Å². The van der Waals surface area contributed by atoms with Crippen molar-refractivity contribution < 1.29 is 4.74 Å². The molecule has 1 saturated carbocycles. The zero-order chi connectivity index (χ0) is 15.5. The van der Waals surface area contributed by atoms with Gasteiger partial charge in [0.05, 0.1) is 6.20 Å². The Morgan fingerprint density at radius 3 is 2.83 bits per heavy atom. The minimum Gasteiger partial charge on any atom is -0.357 e. The highest BCUT2D eigenvalue weighted by Gasteiger charge is 2.17. The summed E-state index contributed by atoms with van der Waals surface area (Å²) in [6.07, 6.45) is 11.4. The Morgan fingerprint density at radius 1 is 1.09 bits per heavy atom. The Hall–Kier alpha value is -2.05. The Kier molecular flexibility index (Phi) is 4.17. The van der Waals surface area contributed by atoms with E-state index in [9.17, 15) is 0 Å². The van der Waals surface area contributed by atoms with Crippen molar-refractivity contribution in [1.29, 1.82) is 0 Å². The first-order chi connectivity index (χ1) is 11.4. The van der Waals surface area contributed by atoms with Crippen LogP contribution in [0.5, 0.6) is 0 Å². The van der Waals surface area contributed by atoms with E-state index in [1.54, 1.807) is 0 Å². The molecule has 3 heteroatoms. The van der Waals surface area contributed by atoms with Crippen LogP contribution in [0, 0.1) is 17.8 Å². The molecule has 2 heterocycles. The summed E-state index contributed by atoms with van der Waals surface area (Å²) in [6.45, 7) is 0.839. The quantitative estimate of drug-likeness (QED) is 0.769. The number of rotatable bonds is 2. The molecule has 118 valence electrons. The van der Waals surface area contributed by atoms with Gasteiger partial charge in [0.15, 0.2) is 0 Å². The van der Waals surface area contributed by atoms with Crippen LogP contribution in [0.2, 0.25) is 0 Å². The van der Waals surface area contributed by atoms with Gasteiger partial charge in [-0.2, -0.15) is 5.10 Å². The second kappa shape index (κ2) is 6.60. The molecule has 2 aliphatic rings. The van der Waals surface area contributed by atoms with Crippen LogP contribution in [0.25, 0.3) is 11.1 Å². The van der Waals surface area contributed by atoms with E-state index in [1.165, 1.54) is 31.2 Å². The summed E-state index contributed by atoms with van der Waals surface area (Å²) in [5, 5.41) is 4.50. The van der Waals surface area contributed by atoms with Crippen LogP contribution in [-0.4, -0.2) is 16.4 Å². The first-order valence-corrected chi connectivity index (χ1v) is 8.66. The molecule has 1 aromatic carbocycles. The number of nitrogens with zero attached hydrogens (tertiary/aromatic N) is 2. The minimum absolute atomic E-state index is 0.0964. The monoisotopic (exact) mass is 306 g/mol. The number of ether oxygens (including phenoxy) is 1. The van der Waals surface area contributed by atoms with Crippen LogP contribution in [0.3, 0.4) is 0 Å². The van der Waals surface area contributed by atoms with Gasteiger partial charge in [0.1, 0.15) is 6.23 Å². The van der Waals surface area contributed by atoms with Gasteiger partial charge in [0, 0.05) is 29.8 Å². The molecule has 1 aromatic heterocycles. The molecule has 1 unspecified atom stereocenters. The van der Waals surface area contributed by atoms with Crippen molar-refractivity contribution in [3.8, 4) is 23.0 Å². The van der Waals surface area contributed by atoms with Gasteiger partial charge in [0.25, 0.3) is 0 Å². The third-order valence-corrected chi connectivity index (χ3v) is 4.77. The molecule has 0 N–H and O–H groups in total. The van der Waals surface area contributed by atoms with Gasteiger partial charge >= 0.3 is 0 Å². The maximum Gasteiger partial charge on any atom is 0.150 e. The predicted octanol–water partition coefficient (Wildman–Crippen LogP) is 4.40. The highest BCUT2D eigenvalue weighted by molar-refractivity contribution is 5.64. The van der Waals surface area contributed by atoms with Crippen LogP contribution in [0.1, 0.15) is 50.3 Å². The van der Waals surface area contributed by atoms with Crippen LogP contribution in [0.4, 0.5) is 0 Å². The van der Waals surface area contributed by atoms with Crippen molar-refractivity contribution >= 4 is 0 Å². The second-order valence-corrected chi connectivity index (χ2v) is 6.51. The van der Waals surface area contributed by atoms with E-state index in [0.717, 1.165) is 30.6 Å². The molecule has 4 rings (SSSR count). The lowest BCUT2D eigenvalue weighted by atomic mass is 9.86. The zero-order valence-corrected chi connectivity index (χ0v) is 13.4. The second-order valence-electron chi connectivity index (χ2n) is 6.51. The van der Waals surface area contributed by atoms with Gasteiger partial charge in [-0.3, -0.25) is 0 Å². The molecule has 1 atom stereocenters. The van der Waals surface area contributed by atoms with E-state index in [4.69, 9.17) is 4.74 Å². The van der Waals surface area contributed by atoms with E-state index in [-0.39, 0.29) is 6.23 Å². The molecule has 0 radical (unpaired) electrons. The summed E-state index contributed by atoms with van der Waals surface area (Å²) in [5.41, 5.74) is 3.40. The van der Waals surface area contributed by atoms with Gasteiger partial charge < -0.3 is 4.74 Å². The maximum atomic E-state index is 5.80. The fourth-order valence-corrected chi connectivity index (χ4v) is 3.09. The van der Waals surface area contributed by atoms with Crippen LogP contribution >= 0.6 is 0 Å². The molecule has 0 amide bonds. The van der Waals surface area contributed by atoms with E-state index in [2.05, 4.69) is 47.4 Å². The Bertz CT molecular complexity index is 727. The number of aromatic nitrogens is 2. The number of hydrogen-bond acceptors (Lipinski definition) is 2. The highest BCUT2D eigenvalue weighted by atomic mass is 16.5. The maximum absolute atomic E-state index is 5.80. The number of benzene rings is 1. The van der Waals surface area contributed by atoms with E-state index in [1.807, 2.05) is 10.9 Å². The summed E-state index contributed by atoms with van der Waals surface area (Å²) >= 11 is 0. The van der Waals surface area contributed by atoms with Crippen molar-refractivity contribution in [1.82, 2.24) is 9.78 Å². The smallest absolute Gasteiger partial charge is 0.150 e. The molecule has 1 aliphatic carbocycles. The topological polar surface area (TPSA) is 27.1 Å². The summed E-state index contributed by atoms with van der Waals surface area (Å²) < 4.78 is 7.76. The first kappa shape index (κ1) is 14.5. The van der Waals surface area contributed by atoms with E-state index < -0.39 is 0 Å². The molecule has 1 saturated heterocycles. The van der Waals surface area contributed by atoms with Crippen molar-refractivity contribution in [3.05, 3.63) is 42.2 Å². The zero-order valence-electron chi connectivity index (χ0n) is 13.4. The van der Waals surface area contributed by atoms with Crippen molar-refractivity contribution in [2.75, 3.05) is 6.61 Å². The molecule has 0 spiro atoms. The Balaban J connectivity index is 1.53.